The molecular weight excluding hydrogens is 422 g/mol. The van der Waals surface area contributed by atoms with Gasteiger partial charge in [-0.1, -0.05) is 36.4 Å². The number of ether oxygens (including phenoxy) is 1. The zero-order valence-electron chi connectivity index (χ0n) is 17.5. The Balaban J connectivity index is 2.00. The lowest BCUT2D eigenvalue weighted by Gasteiger charge is -2.25. The first-order valence-corrected chi connectivity index (χ1v) is 11.6. The van der Waals surface area contributed by atoms with Crippen LogP contribution in [0.1, 0.15) is 31.7 Å². The van der Waals surface area contributed by atoms with Gasteiger partial charge in [-0.3, -0.25) is 14.8 Å². The predicted octanol–water partition coefficient (Wildman–Crippen LogP) is 2.84. The number of hydrogen-bond acceptors (Lipinski definition) is 6. The molecule has 0 radical (unpaired) electrons. The van der Waals surface area contributed by atoms with Gasteiger partial charge in [0.25, 0.3) is 5.91 Å². The summed E-state index contributed by atoms with van der Waals surface area (Å²) in [5, 5.41) is 17.5. The maximum absolute atomic E-state index is 12.0. The van der Waals surface area contributed by atoms with Gasteiger partial charge in [0, 0.05) is 12.7 Å². The topological polar surface area (TPSA) is 130 Å². The van der Waals surface area contributed by atoms with Crippen molar-refractivity contribution >= 4 is 21.7 Å². The second-order valence-corrected chi connectivity index (χ2v) is 9.96. The van der Waals surface area contributed by atoms with Gasteiger partial charge in [-0.2, -0.15) is 0 Å². The summed E-state index contributed by atoms with van der Waals surface area (Å²) in [6.07, 6.45) is 1.87. The van der Waals surface area contributed by atoms with Crippen molar-refractivity contribution < 1.29 is 33.1 Å². The Hall–Kier alpha value is -2.91. The number of hydroxylamine groups is 1. The molecule has 0 fully saturated rings. The summed E-state index contributed by atoms with van der Waals surface area (Å²) >= 11 is 0. The highest BCUT2D eigenvalue weighted by atomic mass is 32.2. The first-order valence-electron chi connectivity index (χ1n) is 9.75. The molecule has 0 saturated carbocycles. The van der Waals surface area contributed by atoms with Crippen LogP contribution in [0.3, 0.4) is 0 Å². The van der Waals surface area contributed by atoms with Crippen LogP contribution in [0.15, 0.2) is 48.5 Å². The van der Waals surface area contributed by atoms with Crippen LogP contribution < -0.4 is 10.2 Å². The number of sulfone groups is 1. The van der Waals surface area contributed by atoms with Gasteiger partial charge < -0.3 is 9.84 Å². The number of benzene rings is 2. The zero-order chi connectivity index (χ0) is 23.1. The molecule has 0 saturated heterocycles. The average Bonchev–Trinajstić information content (AvgIpc) is 2.74. The lowest BCUT2D eigenvalue weighted by atomic mass is 9.97. The summed E-state index contributed by atoms with van der Waals surface area (Å²) < 4.78 is 27.9. The molecule has 1 atom stereocenters. The first-order chi connectivity index (χ1) is 14.6. The largest absolute Gasteiger partial charge is 0.494 e. The van der Waals surface area contributed by atoms with Crippen LogP contribution in [0.25, 0.3) is 11.1 Å². The Labute approximate surface area is 181 Å². The van der Waals surface area contributed by atoms with Crippen molar-refractivity contribution in [1.29, 1.82) is 0 Å². The molecule has 0 unspecified atom stereocenters. The van der Waals surface area contributed by atoms with E-state index < -0.39 is 26.5 Å². The molecule has 0 heterocycles. The minimum Gasteiger partial charge on any atom is -0.494 e. The van der Waals surface area contributed by atoms with E-state index in [4.69, 9.17) is 15.1 Å². The van der Waals surface area contributed by atoms with Gasteiger partial charge in [0.05, 0.1) is 6.61 Å². The fraction of sp³-hybridized carbons (Fsp3) is 0.364. The summed E-state index contributed by atoms with van der Waals surface area (Å²) in [6, 6.07) is 15.0. The Kier molecular flexibility index (Phi) is 8.18. The van der Waals surface area contributed by atoms with Gasteiger partial charge in [0.2, 0.25) is 0 Å². The second kappa shape index (κ2) is 10.4. The molecule has 0 aliphatic heterocycles. The molecule has 168 valence electrons. The van der Waals surface area contributed by atoms with Crippen molar-refractivity contribution in [2.75, 3.05) is 12.9 Å². The minimum absolute atomic E-state index is 0.0332. The third kappa shape index (κ3) is 6.53. The average molecular weight is 450 g/mol. The maximum Gasteiger partial charge on any atom is 0.303 e. The molecule has 0 spiro atoms. The van der Waals surface area contributed by atoms with Crippen molar-refractivity contribution in [2.24, 2.45) is 0 Å². The second-order valence-electron chi connectivity index (χ2n) is 7.51. The van der Waals surface area contributed by atoms with Gasteiger partial charge >= 0.3 is 5.97 Å². The molecule has 0 bridgehead atoms. The summed E-state index contributed by atoms with van der Waals surface area (Å²) in [5.41, 5.74) is 4.24. The number of rotatable bonds is 11. The van der Waals surface area contributed by atoms with E-state index in [9.17, 15) is 18.0 Å². The number of hydrogen-bond donors (Lipinski definition) is 3. The molecule has 8 nitrogen and oxygen atoms in total. The number of aryl methyl sites for hydroxylation is 1. The molecule has 1 amide bonds. The van der Waals surface area contributed by atoms with E-state index in [1.807, 2.05) is 48.5 Å². The van der Waals surface area contributed by atoms with E-state index in [0.717, 1.165) is 22.9 Å². The molecule has 2 aromatic carbocycles. The summed E-state index contributed by atoms with van der Waals surface area (Å²) in [5.74, 6) is -1.13. The van der Waals surface area contributed by atoms with E-state index in [2.05, 4.69) is 0 Å². The fourth-order valence-electron chi connectivity index (χ4n) is 2.99. The molecule has 2 aromatic rings. The standard InChI is InChI=1S/C22H27NO7S/c1-22(21(26)23-27,31(2,28)29)14-13-16-5-7-17(8-6-16)18-9-11-19(12-10-18)30-15-3-4-20(24)25/h5-12,27H,3-4,13-15H2,1-2H3,(H,23,26)(H,24,25)/t22-/m1/s1. The van der Waals surface area contributed by atoms with Gasteiger partial charge in [0.1, 0.15) is 10.5 Å². The molecular formula is C22H27NO7S. The summed E-state index contributed by atoms with van der Waals surface area (Å²) in [4.78, 5) is 22.4. The van der Waals surface area contributed by atoms with Gasteiger partial charge in [-0.05, 0) is 55.0 Å². The number of nitrogens with one attached hydrogen (secondary N) is 1. The van der Waals surface area contributed by atoms with Crippen molar-refractivity contribution in [3.63, 3.8) is 0 Å². The lowest BCUT2D eigenvalue weighted by Crippen LogP contribution is -2.49. The number of carbonyl (C=O) groups excluding carboxylic acids is 1. The van der Waals surface area contributed by atoms with E-state index >= 15 is 0 Å². The number of carboxylic acids is 1. The van der Waals surface area contributed by atoms with E-state index in [-0.39, 0.29) is 12.8 Å². The van der Waals surface area contributed by atoms with Crippen molar-refractivity contribution in [2.45, 2.75) is 37.4 Å². The Morgan fingerprint density at radius 1 is 1.03 bits per heavy atom. The highest BCUT2D eigenvalue weighted by molar-refractivity contribution is 7.92. The van der Waals surface area contributed by atoms with Crippen LogP contribution in [0.4, 0.5) is 0 Å². The molecule has 9 heteroatoms. The fourth-order valence-corrected chi connectivity index (χ4v) is 3.84. The Bertz CT molecular complexity index is 1000. The van der Waals surface area contributed by atoms with Crippen LogP contribution in [-0.4, -0.2) is 48.2 Å². The summed E-state index contributed by atoms with van der Waals surface area (Å²) in [6.45, 7) is 1.63. The number of carbonyl (C=O) groups is 2. The molecule has 3 N–H and O–H groups in total. The molecule has 2 rings (SSSR count). The van der Waals surface area contributed by atoms with E-state index in [1.54, 1.807) is 0 Å². The highest BCUT2D eigenvalue weighted by Gasteiger charge is 2.43. The zero-order valence-corrected chi connectivity index (χ0v) is 18.3. The predicted molar refractivity (Wildman–Crippen MR) is 116 cm³/mol. The molecule has 0 aliphatic rings. The van der Waals surface area contributed by atoms with Crippen LogP contribution >= 0.6 is 0 Å². The van der Waals surface area contributed by atoms with Crippen molar-refractivity contribution in [1.82, 2.24) is 5.48 Å². The summed E-state index contributed by atoms with van der Waals surface area (Å²) in [7, 11) is -3.73. The van der Waals surface area contributed by atoms with Gasteiger partial charge in [0.15, 0.2) is 9.84 Å². The minimum atomic E-state index is -3.73. The number of amides is 1. The SMILES string of the molecule is C[C@@](CCc1ccc(-c2ccc(OCCCC(=O)O)cc2)cc1)(C(=O)NO)S(C)(=O)=O. The lowest BCUT2D eigenvalue weighted by molar-refractivity contribution is -0.137. The van der Waals surface area contributed by atoms with Crippen LogP contribution in [-0.2, 0) is 25.8 Å². The Morgan fingerprint density at radius 2 is 1.58 bits per heavy atom. The molecule has 0 aliphatic carbocycles. The van der Waals surface area contributed by atoms with Crippen molar-refractivity contribution in [3.05, 3.63) is 54.1 Å². The highest BCUT2D eigenvalue weighted by Crippen LogP contribution is 2.26. The smallest absolute Gasteiger partial charge is 0.303 e. The van der Waals surface area contributed by atoms with Gasteiger partial charge in [-0.15, -0.1) is 0 Å². The normalized spacial score (nSPS) is 13.3. The number of carboxylic acid groups (broad SMARTS) is 1. The van der Waals surface area contributed by atoms with E-state index in [0.29, 0.717) is 25.2 Å². The first kappa shape index (κ1) is 24.4. The van der Waals surface area contributed by atoms with Crippen LogP contribution in [0.5, 0.6) is 5.75 Å². The quantitative estimate of drug-likeness (QED) is 0.273. The van der Waals surface area contributed by atoms with Crippen LogP contribution in [0.2, 0.25) is 0 Å². The molecule has 31 heavy (non-hydrogen) atoms. The van der Waals surface area contributed by atoms with Crippen LogP contribution in [0, 0.1) is 0 Å². The van der Waals surface area contributed by atoms with E-state index in [1.165, 1.54) is 12.4 Å². The third-order valence-electron chi connectivity index (χ3n) is 5.24. The monoisotopic (exact) mass is 449 g/mol. The van der Waals surface area contributed by atoms with Gasteiger partial charge in [-0.25, -0.2) is 13.9 Å². The third-order valence-corrected chi connectivity index (χ3v) is 7.26. The Morgan fingerprint density at radius 3 is 2.06 bits per heavy atom. The maximum atomic E-state index is 12.0. The molecule has 0 aromatic heterocycles. The number of aliphatic carboxylic acids is 1. The van der Waals surface area contributed by atoms with Crippen molar-refractivity contribution in [3.8, 4) is 16.9 Å².